The van der Waals surface area contributed by atoms with Crippen LogP contribution >= 0.6 is 11.3 Å². The molecule has 1 aromatic carbocycles. The molecule has 2 aromatic rings. The van der Waals surface area contributed by atoms with Crippen LogP contribution in [-0.2, 0) is 9.59 Å². The van der Waals surface area contributed by atoms with Gasteiger partial charge in [-0.05, 0) is 36.9 Å². The highest BCUT2D eigenvalue weighted by atomic mass is 32.1. The monoisotopic (exact) mass is 373 g/mol. The number of benzene rings is 1. The number of likely N-dealkylation sites (N-methyl/N-ethyl adjacent to an activating group) is 1. The number of thiophene rings is 1. The van der Waals surface area contributed by atoms with Crippen LogP contribution in [0.25, 0.3) is 0 Å². The molecule has 0 saturated heterocycles. The van der Waals surface area contributed by atoms with Crippen LogP contribution in [0.1, 0.15) is 36.8 Å². The van der Waals surface area contributed by atoms with E-state index in [1.807, 2.05) is 29.6 Å². The van der Waals surface area contributed by atoms with Crippen LogP contribution in [0.15, 0.2) is 41.8 Å². The minimum Gasteiger partial charge on any atom is -0.370 e. The zero-order valence-electron chi connectivity index (χ0n) is 15.6. The summed E-state index contributed by atoms with van der Waals surface area (Å²) in [6.45, 7) is 7.87. The summed E-state index contributed by atoms with van der Waals surface area (Å²) in [7, 11) is 0. The van der Waals surface area contributed by atoms with Crippen molar-refractivity contribution in [3.8, 4) is 0 Å². The Morgan fingerprint density at radius 3 is 2.58 bits per heavy atom. The van der Waals surface area contributed by atoms with Gasteiger partial charge in [-0.15, -0.1) is 11.3 Å². The molecule has 0 fully saturated rings. The zero-order chi connectivity index (χ0) is 18.9. The maximum absolute atomic E-state index is 12.3. The molecule has 6 heteroatoms. The standard InChI is InChI=1S/C20H27N3O2S/c1-4-23(18-9-6-5-8-15(18)2)12-11-21-20(25)14-17(22-16(3)24)19-10-7-13-26-19/h5-10,13,17H,4,11-12,14H2,1-3H3,(H,21,25)(H,22,24). The van der Waals surface area contributed by atoms with E-state index < -0.39 is 0 Å². The number of carbonyl (C=O) groups excluding carboxylic acids is 2. The zero-order valence-corrected chi connectivity index (χ0v) is 16.4. The highest BCUT2D eigenvalue weighted by molar-refractivity contribution is 7.10. The summed E-state index contributed by atoms with van der Waals surface area (Å²) >= 11 is 1.54. The summed E-state index contributed by atoms with van der Waals surface area (Å²) in [6, 6.07) is 11.8. The van der Waals surface area contributed by atoms with Gasteiger partial charge in [-0.25, -0.2) is 0 Å². The molecule has 5 nitrogen and oxygen atoms in total. The number of hydrogen-bond acceptors (Lipinski definition) is 4. The lowest BCUT2D eigenvalue weighted by molar-refractivity contribution is -0.122. The average molecular weight is 374 g/mol. The van der Waals surface area contributed by atoms with Crippen LogP contribution in [0.5, 0.6) is 0 Å². The molecular weight excluding hydrogens is 346 g/mol. The largest absolute Gasteiger partial charge is 0.370 e. The van der Waals surface area contributed by atoms with Crippen LogP contribution in [0.4, 0.5) is 5.69 Å². The van der Waals surface area contributed by atoms with Crippen molar-refractivity contribution in [3.05, 3.63) is 52.2 Å². The van der Waals surface area contributed by atoms with Crippen molar-refractivity contribution in [1.29, 1.82) is 0 Å². The third-order valence-electron chi connectivity index (χ3n) is 4.20. The lowest BCUT2D eigenvalue weighted by atomic mass is 10.1. The molecule has 0 aliphatic heterocycles. The second kappa shape index (κ2) is 9.97. The van der Waals surface area contributed by atoms with E-state index in [9.17, 15) is 9.59 Å². The molecule has 2 amide bonds. The molecule has 1 heterocycles. The smallest absolute Gasteiger partial charge is 0.222 e. The van der Waals surface area contributed by atoms with Crippen LogP contribution in [0.3, 0.4) is 0 Å². The lowest BCUT2D eigenvalue weighted by Gasteiger charge is -2.25. The van der Waals surface area contributed by atoms with Gasteiger partial charge in [0.1, 0.15) is 0 Å². The highest BCUT2D eigenvalue weighted by Gasteiger charge is 2.18. The number of para-hydroxylation sites is 1. The maximum atomic E-state index is 12.3. The van der Waals surface area contributed by atoms with Crippen molar-refractivity contribution in [2.45, 2.75) is 33.2 Å². The van der Waals surface area contributed by atoms with Crippen molar-refractivity contribution in [3.63, 3.8) is 0 Å². The van der Waals surface area contributed by atoms with Crippen molar-refractivity contribution < 1.29 is 9.59 Å². The molecule has 1 atom stereocenters. The van der Waals surface area contributed by atoms with Gasteiger partial charge in [-0.2, -0.15) is 0 Å². The van der Waals surface area contributed by atoms with Crippen molar-refractivity contribution in [2.75, 3.05) is 24.5 Å². The predicted octanol–water partition coefficient (Wildman–Crippen LogP) is 3.27. The molecule has 0 spiro atoms. The Labute approximate surface area is 159 Å². The molecule has 0 aliphatic carbocycles. The quantitative estimate of drug-likeness (QED) is 0.709. The Morgan fingerprint density at radius 1 is 1.19 bits per heavy atom. The summed E-state index contributed by atoms with van der Waals surface area (Å²) in [5.74, 6) is -0.189. The Hall–Kier alpha value is -2.34. The van der Waals surface area contributed by atoms with Gasteiger partial charge in [0.2, 0.25) is 11.8 Å². The van der Waals surface area contributed by atoms with Crippen molar-refractivity contribution >= 4 is 28.8 Å². The fourth-order valence-corrected chi connectivity index (χ4v) is 3.69. The number of aryl methyl sites for hydroxylation is 1. The Balaban J connectivity index is 1.87. The molecule has 26 heavy (non-hydrogen) atoms. The maximum Gasteiger partial charge on any atom is 0.222 e. The summed E-state index contributed by atoms with van der Waals surface area (Å²) in [5.41, 5.74) is 2.42. The number of nitrogens with zero attached hydrogens (tertiary/aromatic N) is 1. The van der Waals surface area contributed by atoms with Crippen LogP contribution in [0.2, 0.25) is 0 Å². The number of anilines is 1. The second-order valence-electron chi connectivity index (χ2n) is 6.19. The fraction of sp³-hybridized carbons (Fsp3) is 0.400. The van der Waals surface area contributed by atoms with Gasteiger partial charge in [-0.1, -0.05) is 24.3 Å². The topological polar surface area (TPSA) is 61.4 Å². The van der Waals surface area contributed by atoms with E-state index in [0.717, 1.165) is 18.0 Å². The first-order valence-corrected chi connectivity index (χ1v) is 9.77. The molecule has 0 bridgehead atoms. The van der Waals surface area contributed by atoms with Gasteiger partial charge in [-0.3, -0.25) is 9.59 Å². The predicted molar refractivity (Wildman–Crippen MR) is 108 cm³/mol. The van der Waals surface area contributed by atoms with Crippen LogP contribution in [-0.4, -0.2) is 31.4 Å². The van der Waals surface area contributed by atoms with E-state index >= 15 is 0 Å². The van der Waals surface area contributed by atoms with Gasteiger partial charge in [0.05, 0.1) is 12.5 Å². The Morgan fingerprint density at radius 2 is 1.96 bits per heavy atom. The summed E-state index contributed by atoms with van der Waals surface area (Å²) < 4.78 is 0. The van der Waals surface area contributed by atoms with Gasteiger partial charge >= 0.3 is 0 Å². The molecule has 0 aliphatic rings. The number of carbonyl (C=O) groups is 2. The normalized spacial score (nSPS) is 11.7. The molecule has 2 rings (SSSR count). The van der Waals surface area contributed by atoms with E-state index in [-0.39, 0.29) is 24.3 Å². The van der Waals surface area contributed by atoms with E-state index in [2.05, 4.69) is 41.5 Å². The first-order chi connectivity index (χ1) is 12.5. The highest BCUT2D eigenvalue weighted by Crippen LogP contribution is 2.22. The number of nitrogens with one attached hydrogen (secondary N) is 2. The van der Waals surface area contributed by atoms with Crippen LogP contribution < -0.4 is 15.5 Å². The van der Waals surface area contributed by atoms with Gasteiger partial charge < -0.3 is 15.5 Å². The van der Waals surface area contributed by atoms with E-state index in [1.54, 1.807) is 11.3 Å². The molecule has 0 radical (unpaired) electrons. The molecule has 140 valence electrons. The third-order valence-corrected chi connectivity index (χ3v) is 5.18. The van der Waals surface area contributed by atoms with Crippen LogP contribution in [0, 0.1) is 6.92 Å². The molecular formula is C20H27N3O2S. The average Bonchev–Trinajstić information content (AvgIpc) is 3.13. The van der Waals surface area contributed by atoms with Gasteiger partial charge in [0.25, 0.3) is 0 Å². The first-order valence-electron chi connectivity index (χ1n) is 8.89. The van der Waals surface area contributed by atoms with Gasteiger partial charge in [0, 0.05) is 37.1 Å². The summed E-state index contributed by atoms with van der Waals surface area (Å²) in [4.78, 5) is 27.0. The van der Waals surface area contributed by atoms with Crippen molar-refractivity contribution in [1.82, 2.24) is 10.6 Å². The summed E-state index contributed by atoms with van der Waals surface area (Å²) in [5, 5.41) is 7.78. The lowest BCUT2D eigenvalue weighted by Crippen LogP contribution is -2.37. The second-order valence-corrected chi connectivity index (χ2v) is 7.17. The van der Waals surface area contributed by atoms with E-state index in [4.69, 9.17) is 0 Å². The molecule has 1 unspecified atom stereocenters. The fourth-order valence-electron chi connectivity index (χ4n) is 2.91. The van der Waals surface area contributed by atoms with Gasteiger partial charge in [0.15, 0.2) is 0 Å². The first kappa shape index (κ1) is 20.0. The Kier molecular flexibility index (Phi) is 7.66. The third kappa shape index (κ3) is 5.88. The Bertz CT molecular complexity index is 716. The molecule has 2 N–H and O–H groups in total. The molecule has 1 aromatic heterocycles. The minimum absolute atomic E-state index is 0.0574. The number of amides is 2. The molecule has 0 saturated carbocycles. The van der Waals surface area contributed by atoms with E-state index in [0.29, 0.717) is 6.54 Å². The van der Waals surface area contributed by atoms with E-state index in [1.165, 1.54) is 18.2 Å². The number of rotatable bonds is 9. The SMILES string of the molecule is CCN(CCNC(=O)CC(NC(C)=O)c1cccs1)c1ccccc1C. The van der Waals surface area contributed by atoms with Crippen molar-refractivity contribution in [2.24, 2.45) is 0 Å². The summed E-state index contributed by atoms with van der Waals surface area (Å²) in [6.07, 6.45) is 0.247. The number of hydrogen-bond donors (Lipinski definition) is 2. The minimum atomic E-state index is -0.272.